The van der Waals surface area contributed by atoms with Crippen molar-refractivity contribution in [1.29, 1.82) is 0 Å². The fraction of sp³-hybridized carbons (Fsp3) is 1.00. The lowest BCUT2D eigenvalue weighted by Gasteiger charge is -2.26. The molecular weight excluding hydrogens is 220 g/mol. The van der Waals surface area contributed by atoms with E-state index in [2.05, 4.69) is 37.9 Å². The highest BCUT2D eigenvalue weighted by atomic mass is 15.1. The first-order valence-electron chi connectivity index (χ1n) is 7.93. The zero-order valence-corrected chi connectivity index (χ0v) is 13.5. The monoisotopic (exact) mass is 256 g/mol. The Kier molecular flexibility index (Phi) is 11.9. The summed E-state index contributed by atoms with van der Waals surface area (Å²) in [4.78, 5) is 2.63. The standard InChI is InChI=1S/C11H23N.C5H13N/c1-11(2)7-6-10-12-8-4-3-5-9-12;1-5(2)4-6-3/h11H,3-10H2,1-2H3;5-6H,4H2,1-3H3. The average Bonchev–Trinajstić information content (AvgIpc) is 2.30. The Hall–Kier alpha value is -0.0800. The summed E-state index contributed by atoms with van der Waals surface area (Å²) in [6.45, 7) is 14.2. The molecule has 1 aliphatic heterocycles. The van der Waals surface area contributed by atoms with Crippen LogP contribution in [0.3, 0.4) is 0 Å². The van der Waals surface area contributed by atoms with E-state index in [1.165, 1.54) is 51.7 Å². The van der Waals surface area contributed by atoms with Crippen LogP contribution >= 0.6 is 0 Å². The van der Waals surface area contributed by atoms with Gasteiger partial charge in [0.05, 0.1) is 0 Å². The molecule has 0 aliphatic carbocycles. The molecule has 0 atom stereocenters. The van der Waals surface area contributed by atoms with E-state index in [0.29, 0.717) is 0 Å². The predicted octanol–water partition coefficient (Wildman–Crippen LogP) is 3.77. The summed E-state index contributed by atoms with van der Waals surface area (Å²) >= 11 is 0. The van der Waals surface area contributed by atoms with E-state index in [1.807, 2.05) is 7.05 Å². The lowest BCUT2D eigenvalue weighted by atomic mass is 10.1. The van der Waals surface area contributed by atoms with Crippen molar-refractivity contribution < 1.29 is 0 Å². The summed E-state index contributed by atoms with van der Waals surface area (Å²) in [5.74, 6) is 1.67. The van der Waals surface area contributed by atoms with Gasteiger partial charge in [-0.3, -0.25) is 0 Å². The Labute approximate surface area is 116 Å². The molecule has 0 radical (unpaired) electrons. The van der Waals surface area contributed by atoms with Crippen LogP contribution in [-0.4, -0.2) is 38.1 Å². The molecule has 110 valence electrons. The Bertz CT molecular complexity index is 160. The number of piperidine rings is 1. The maximum Gasteiger partial charge on any atom is -0.00186 e. The molecule has 0 saturated carbocycles. The predicted molar refractivity (Wildman–Crippen MR) is 83.1 cm³/mol. The first-order valence-corrected chi connectivity index (χ1v) is 7.93. The van der Waals surface area contributed by atoms with Gasteiger partial charge < -0.3 is 10.2 Å². The second-order valence-corrected chi connectivity index (χ2v) is 6.39. The fourth-order valence-corrected chi connectivity index (χ4v) is 2.31. The van der Waals surface area contributed by atoms with Crippen LogP contribution in [-0.2, 0) is 0 Å². The van der Waals surface area contributed by atoms with E-state index in [1.54, 1.807) is 0 Å². The average molecular weight is 256 g/mol. The van der Waals surface area contributed by atoms with Crippen LogP contribution in [0.5, 0.6) is 0 Å². The van der Waals surface area contributed by atoms with Gasteiger partial charge in [-0.1, -0.05) is 34.1 Å². The minimum Gasteiger partial charge on any atom is -0.319 e. The van der Waals surface area contributed by atoms with Gasteiger partial charge >= 0.3 is 0 Å². The molecule has 1 fully saturated rings. The normalized spacial score (nSPS) is 16.8. The number of hydrogen-bond acceptors (Lipinski definition) is 2. The molecule has 0 aromatic heterocycles. The van der Waals surface area contributed by atoms with E-state index < -0.39 is 0 Å². The number of hydrogen-bond donors (Lipinski definition) is 1. The summed E-state index contributed by atoms with van der Waals surface area (Å²) in [6.07, 6.45) is 7.12. The molecule has 1 rings (SSSR count). The third-order valence-electron chi connectivity index (χ3n) is 3.32. The lowest BCUT2D eigenvalue weighted by Crippen LogP contribution is -2.30. The molecule has 1 saturated heterocycles. The third-order valence-corrected chi connectivity index (χ3v) is 3.32. The van der Waals surface area contributed by atoms with Crippen molar-refractivity contribution in [2.24, 2.45) is 11.8 Å². The molecule has 0 amide bonds. The van der Waals surface area contributed by atoms with Gasteiger partial charge in [0.15, 0.2) is 0 Å². The minimum atomic E-state index is 0.787. The number of nitrogens with one attached hydrogen (secondary N) is 1. The van der Waals surface area contributed by atoms with Gasteiger partial charge in [0.1, 0.15) is 0 Å². The van der Waals surface area contributed by atoms with Crippen molar-refractivity contribution in [2.45, 2.75) is 59.8 Å². The number of likely N-dealkylation sites (tertiary alicyclic amines) is 1. The number of nitrogens with zero attached hydrogens (tertiary/aromatic N) is 1. The van der Waals surface area contributed by atoms with Crippen molar-refractivity contribution >= 4 is 0 Å². The van der Waals surface area contributed by atoms with Crippen molar-refractivity contribution in [2.75, 3.05) is 33.2 Å². The molecule has 0 unspecified atom stereocenters. The summed E-state index contributed by atoms with van der Waals surface area (Å²) < 4.78 is 0. The first kappa shape index (κ1) is 17.9. The van der Waals surface area contributed by atoms with E-state index in [0.717, 1.165) is 18.4 Å². The van der Waals surface area contributed by atoms with Crippen molar-refractivity contribution in [3.63, 3.8) is 0 Å². The molecule has 2 nitrogen and oxygen atoms in total. The molecule has 1 aliphatic rings. The highest BCUT2D eigenvalue weighted by Gasteiger charge is 2.08. The van der Waals surface area contributed by atoms with Gasteiger partial charge in [0, 0.05) is 0 Å². The van der Waals surface area contributed by atoms with E-state index in [-0.39, 0.29) is 0 Å². The Balaban J connectivity index is 0.000000411. The van der Waals surface area contributed by atoms with Crippen LogP contribution in [0.2, 0.25) is 0 Å². The smallest absolute Gasteiger partial charge is 0.00186 e. The van der Waals surface area contributed by atoms with E-state index in [9.17, 15) is 0 Å². The highest BCUT2D eigenvalue weighted by Crippen LogP contribution is 2.11. The SMILES string of the molecule is CC(C)CCCN1CCCCC1.CNCC(C)C. The minimum absolute atomic E-state index is 0.787. The maximum atomic E-state index is 3.07. The van der Waals surface area contributed by atoms with Crippen LogP contribution in [0.15, 0.2) is 0 Å². The van der Waals surface area contributed by atoms with Gasteiger partial charge in [-0.15, -0.1) is 0 Å². The van der Waals surface area contributed by atoms with Gasteiger partial charge in [0.2, 0.25) is 0 Å². The summed E-state index contributed by atoms with van der Waals surface area (Å²) in [5.41, 5.74) is 0. The van der Waals surface area contributed by atoms with Crippen LogP contribution < -0.4 is 5.32 Å². The fourth-order valence-electron chi connectivity index (χ4n) is 2.31. The third kappa shape index (κ3) is 12.4. The van der Waals surface area contributed by atoms with Crippen molar-refractivity contribution in [3.05, 3.63) is 0 Å². The van der Waals surface area contributed by atoms with Gasteiger partial charge in [-0.25, -0.2) is 0 Å². The van der Waals surface area contributed by atoms with Gasteiger partial charge in [-0.2, -0.15) is 0 Å². The Morgan fingerprint density at radius 2 is 1.56 bits per heavy atom. The molecule has 1 N–H and O–H groups in total. The van der Waals surface area contributed by atoms with Crippen LogP contribution in [0.4, 0.5) is 0 Å². The van der Waals surface area contributed by atoms with Gasteiger partial charge in [-0.05, 0) is 70.7 Å². The molecular formula is C16H36N2. The topological polar surface area (TPSA) is 15.3 Å². The van der Waals surface area contributed by atoms with Crippen LogP contribution in [0.1, 0.15) is 59.8 Å². The summed E-state index contributed by atoms with van der Waals surface area (Å²) in [5, 5.41) is 3.07. The molecule has 0 bridgehead atoms. The molecule has 0 aromatic rings. The van der Waals surface area contributed by atoms with Crippen LogP contribution in [0.25, 0.3) is 0 Å². The first-order chi connectivity index (χ1) is 8.56. The molecule has 0 spiro atoms. The molecule has 2 heteroatoms. The van der Waals surface area contributed by atoms with Gasteiger partial charge in [0.25, 0.3) is 0 Å². The summed E-state index contributed by atoms with van der Waals surface area (Å²) in [6, 6.07) is 0. The highest BCUT2D eigenvalue weighted by molar-refractivity contribution is 4.64. The van der Waals surface area contributed by atoms with Crippen molar-refractivity contribution in [1.82, 2.24) is 10.2 Å². The zero-order chi connectivity index (χ0) is 13.8. The van der Waals surface area contributed by atoms with Crippen LogP contribution in [0, 0.1) is 11.8 Å². The number of rotatable bonds is 6. The molecule has 18 heavy (non-hydrogen) atoms. The molecule has 0 aromatic carbocycles. The second kappa shape index (κ2) is 12.0. The summed E-state index contributed by atoms with van der Waals surface area (Å²) in [7, 11) is 1.97. The maximum absolute atomic E-state index is 3.07. The zero-order valence-electron chi connectivity index (χ0n) is 13.5. The lowest BCUT2D eigenvalue weighted by molar-refractivity contribution is 0.221. The molecule has 1 heterocycles. The van der Waals surface area contributed by atoms with E-state index >= 15 is 0 Å². The Morgan fingerprint density at radius 1 is 0.944 bits per heavy atom. The van der Waals surface area contributed by atoms with Crippen molar-refractivity contribution in [3.8, 4) is 0 Å². The quantitative estimate of drug-likeness (QED) is 0.778. The Morgan fingerprint density at radius 3 is 1.94 bits per heavy atom. The largest absolute Gasteiger partial charge is 0.319 e. The van der Waals surface area contributed by atoms with E-state index in [4.69, 9.17) is 0 Å². The second-order valence-electron chi connectivity index (χ2n) is 6.39.